The number of carbonyl (C=O) groups is 1. The van der Waals surface area contributed by atoms with E-state index in [1.165, 1.54) is 0 Å². The molecule has 3 heteroatoms. The Hall–Kier alpha value is -1.74. The number of methoxy groups -OCH3 is 1. The number of hydrogen-bond acceptors (Lipinski definition) is 3. The van der Waals surface area contributed by atoms with Gasteiger partial charge in [0.05, 0.1) is 12.0 Å². The topological polar surface area (TPSA) is 26.3 Å². The minimum Gasteiger partial charge on any atom is -0.496 e. The number of benzene rings is 2. The highest BCUT2D eigenvalue weighted by atomic mass is 32.2. The smallest absolute Gasteiger partial charge is 0.162 e. The van der Waals surface area contributed by atoms with Crippen molar-refractivity contribution in [1.82, 2.24) is 0 Å². The van der Waals surface area contributed by atoms with Crippen LogP contribution in [0.5, 0.6) is 5.75 Å². The van der Waals surface area contributed by atoms with Crippen LogP contribution < -0.4 is 4.74 Å². The van der Waals surface area contributed by atoms with Crippen LogP contribution in [0.1, 0.15) is 23.7 Å². The Morgan fingerprint density at radius 3 is 2.42 bits per heavy atom. The van der Waals surface area contributed by atoms with Gasteiger partial charge >= 0.3 is 0 Å². The third kappa shape index (κ3) is 3.38. The summed E-state index contributed by atoms with van der Waals surface area (Å²) in [7, 11) is 1.67. The van der Waals surface area contributed by atoms with Crippen LogP contribution in [-0.2, 0) is 0 Å². The van der Waals surface area contributed by atoms with Gasteiger partial charge in [0, 0.05) is 16.9 Å². The number of Topliss-reactive ketones (excluding diaryl/α,β-unsaturated/α-hetero) is 1. The fourth-order valence-corrected chi connectivity index (χ4v) is 2.67. The van der Waals surface area contributed by atoms with Gasteiger partial charge in [-0.15, -0.1) is 0 Å². The SMILES string of the molecule is CCC(=O)c1ccc(Sc2ccccc2OC)cc1. The van der Waals surface area contributed by atoms with Gasteiger partial charge in [-0.05, 0) is 24.3 Å². The third-order valence-electron chi connectivity index (χ3n) is 2.79. The molecule has 0 fully saturated rings. The molecule has 0 saturated carbocycles. The second-order valence-electron chi connectivity index (χ2n) is 4.05. The molecule has 2 aromatic carbocycles. The van der Waals surface area contributed by atoms with Crippen LogP contribution in [0.25, 0.3) is 0 Å². The van der Waals surface area contributed by atoms with Gasteiger partial charge in [0.15, 0.2) is 5.78 Å². The Labute approximate surface area is 117 Å². The Bertz CT molecular complexity index is 561. The van der Waals surface area contributed by atoms with Crippen molar-refractivity contribution in [1.29, 1.82) is 0 Å². The molecular formula is C16H16O2S. The highest BCUT2D eigenvalue weighted by Crippen LogP contribution is 2.34. The average molecular weight is 272 g/mol. The Morgan fingerprint density at radius 2 is 1.79 bits per heavy atom. The lowest BCUT2D eigenvalue weighted by Gasteiger charge is -2.07. The summed E-state index contributed by atoms with van der Waals surface area (Å²) in [6.45, 7) is 1.87. The zero-order valence-corrected chi connectivity index (χ0v) is 11.9. The van der Waals surface area contributed by atoms with E-state index in [0.29, 0.717) is 6.42 Å². The molecule has 0 aromatic heterocycles. The molecule has 0 aliphatic carbocycles. The second kappa shape index (κ2) is 6.43. The molecule has 0 bridgehead atoms. The van der Waals surface area contributed by atoms with Crippen LogP contribution in [0.2, 0.25) is 0 Å². The van der Waals surface area contributed by atoms with Crippen molar-refractivity contribution in [3.8, 4) is 5.75 Å². The number of ether oxygens (including phenoxy) is 1. The number of carbonyl (C=O) groups excluding carboxylic acids is 1. The van der Waals surface area contributed by atoms with Gasteiger partial charge in [0.1, 0.15) is 5.75 Å². The number of ketones is 1. The summed E-state index contributed by atoms with van der Waals surface area (Å²) in [6.07, 6.45) is 0.541. The molecule has 0 spiro atoms. The predicted octanol–water partition coefficient (Wildman–Crippen LogP) is 4.44. The first-order chi connectivity index (χ1) is 9.24. The Kier molecular flexibility index (Phi) is 4.63. The molecule has 0 amide bonds. The minimum atomic E-state index is 0.175. The van der Waals surface area contributed by atoms with Gasteiger partial charge in [0.25, 0.3) is 0 Å². The molecule has 0 aliphatic rings. The zero-order chi connectivity index (χ0) is 13.7. The van der Waals surface area contributed by atoms with E-state index in [9.17, 15) is 4.79 Å². The maximum Gasteiger partial charge on any atom is 0.162 e. The summed E-state index contributed by atoms with van der Waals surface area (Å²) < 4.78 is 5.32. The molecule has 0 saturated heterocycles. The molecule has 2 nitrogen and oxygen atoms in total. The Morgan fingerprint density at radius 1 is 1.11 bits per heavy atom. The van der Waals surface area contributed by atoms with Gasteiger partial charge in [-0.3, -0.25) is 4.79 Å². The summed E-state index contributed by atoms with van der Waals surface area (Å²) in [6, 6.07) is 15.6. The van der Waals surface area contributed by atoms with Crippen LogP contribution in [0.15, 0.2) is 58.3 Å². The number of hydrogen-bond donors (Lipinski definition) is 0. The van der Waals surface area contributed by atoms with Crippen molar-refractivity contribution >= 4 is 17.5 Å². The van der Waals surface area contributed by atoms with Crippen LogP contribution >= 0.6 is 11.8 Å². The summed E-state index contributed by atoms with van der Waals surface area (Å²) in [5.41, 5.74) is 0.770. The highest BCUT2D eigenvalue weighted by Gasteiger charge is 2.06. The van der Waals surface area contributed by atoms with Crippen LogP contribution in [0.3, 0.4) is 0 Å². The summed E-state index contributed by atoms with van der Waals surface area (Å²) in [5, 5.41) is 0. The van der Waals surface area contributed by atoms with Crippen molar-refractivity contribution in [2.45, 2.75) is 23.1 Å². The van der Waals surface area contributed by atoms with Gasteiger partial charge in [0.2, 0.25) is 0 Å². The Balaban J connectivity index is 2.17. The number of para-hydroxylation sites is 1. The van der Waals surface area contributed by atoms with Gasteiger partial charge in [-0.2, -0.15) is 0 Å². The van der Waals surface area contributed by atoms with Crippen molar-refractivity contribution in [3.05, 3.63) is 54.1 Å². The molecule has 98 valence electrons. The molecule has 19 heavy (non-hydrogen) atoms. The van der Waals surface area contributed by atoms with Crippen molar-refractivity contribution in [2.75, 3.05) is 7.11 Å². The lowest BCUT2D eigenvalue weighted by atomic mass is 10.1. The normalized spacial score (nSPS) is 10.2. The molecule has 2 aromatic rings. The number of rotatable bonds is 5. The van der Waals surface area contributed by atoms with Crippen molar-refractivity contribution < 1.29 is 9.53 Å². The van der Waals surface area contributed by atoms with E-state index < -0.39 is 0 Å². The minimum absolute atomic E-state index is 0.175. The summed E-state index contributed by atoms with van der Waals surface area (Å²) in [4.78, 5) is 13.7. The largest absolute Gasteiger partial charge is 0.496 e. The maximum absolute atomic E-state index is 11.6. The lowest BCUT2D eigenvalue weighted by Crippen LogP contribution is -1.95. The van der Waals surface area contributed by atoms with Crippen molar-refractivity contribution in [3.63, 3.8) is 0 Å². The van der Waals surface area contributed by atoms with Crippen molar-refractivity contribution in [2.24, 2.45) is 0 Å². The first-order valence-electron chi connectivity index (χ1n) is 6.18. The maximum atomic E-state index is 11.6. The fourth-order valence-electron chi connectivity index (χ4n) is 1.74. The predicted molar refractivity (Wildman–Crippen MR) is 78.2 cm³/mol. The quantitative estimate of drug-likeness (QED) is 0.753. The van der Waals surface area contributed by atoms with E-state index in [4.69, 9.17) is 4.74 Å². The van der Waals surface area contributed by atoms with E-state index in [-0.39, 0.29) is 5.78 Å². The average Bonchev–Trinajstić information content (AvgIpc) is 2.48. The monoisotopic (exact) mass is 272 g/mol. The van der Waals surface area contributed by atoms with E-state index >= 15 is 0 Å². The first kappa shape index (κ1) is 13.7. The van der Waals surface area contributed by atoms with E-state index in [1.54, 1.807) is 18.9 Å². The molecule has 0 heterocycles. The first-order valence-corrected chi connectivity index (χ1v) is 7.00. The van der Waals surface area contributed by atoms with E-state index in [1.807, 2.05) is 55.5 Å². The van der Waals surface area contributed by atoms with Crippen LogP contribution in [0, 0.1) is 0 Å². The molecule has 0 radical (unpaired) electrons. The van der Waals surface area contributed by atoms with E-state index in [0.717, 1.165) is 21.1 Å². The van der Waals surface area contributed by atoms with Crippen LogP contribution in [-0.4, -0.2) is 12.9 Å². The molecule has 0 atom stereocenters. The second-order valence-corrected chi connectivity index (χ2v) is 5.17. The lowest BCUT2D eigenvalue weighted by molar-refractivity contribution is 0.0988. The molecule has 2 rings (SSSR count). The summed E-state index contributed by atoms with van der Waals surface area (Å²) >= 11 is 1.63. The summed E-state index contributed by atoms with van der Waals surface area (Å²) in [5.74, 6) is 1.04. The van der Waals surface area contributed by atoms with Gasteiger partial charge in [-0.1, -0.05) is 43.0 Å². The standard InChI is InChI=1S/C16H16O2S/c1-3-14(17)12-8-10-13(11-9-12)19-16-7-5-4-6-15(16)18-2/h4-11H,3H2,1-2H3. The van der Waals surface area contributed by atoms with E-state index in [2.05, 4.69) is 0 Å². The van der Waals surface area contributed by atoms with Gasteiger partial charge in [-0.25, -0.2) is 0 Å². The molecule has 0 N–H and O–H groups in total. The fraction of sp³-hybridized carbons (Fsp3) is 0.188. The zero-order valence-electron chi connectivity index (χ0n) is 11.1. The molecule has 0 unspecified atom stereocenters. The molecular weight excluding hydrogens is 256 g/mol. The highest BCUT2D eigenvalue weighted by molar-refractivity contribution is 7.99. The third-order valence-corrected chi connectivity index (χ3v) is 3.86. The molecule has 0 aliphatic heterocycles. The van der Waals surface area contributed by atoms with Crippen LogP contribution in [0.4, 0.5) is 0 Å². The van der Waals surface area contributed by atoms with Gasteiger partial charge < -0.3 is 4.74 Å².